The van der Waals surface area contributed by atoms with Gasteiger partial charge in [-0.2, -0.15) is 0 Å². The molecule has 0 amide bonds. The summed E-state index contributed by atoms with van der Waals surface area (Å²) in [5, 5.41) is 14.0. The predicted molar refractivity (Wildman–Crippen MR) is 68.9 cm³/mol. The van der Waals surface area contributed by atoms with Crippen molar-refractivity contribution in [1.82, 2.24) is 5.32 Å². The Hall–Kier alpha value is -1.62. The van der Waals surface area contributed by atoms with Gasteiger partial charge in [0.2, 0.25) is 0 Å². The Bertz CT molecular complexity index is 428. The van der Waals surface area contributed by atoms with Gasteiger partial charge in [-0.25, -0.2) is 0 Å². The fourth-order valence-corrected chi connectivity index (χ4v) is 2.15. The van der Waals surface area contributed by atoms with Gasteiger partial charge in [0.15, 0.2) is 0 Å². The van der Waals surface area contributed by atoms with Crippen LogP contribution in [0.1, 0.15) is 18.4 Å². The number of benzene rings is 1. The molecule has 5 nitrogen and oxygen atoms in total. The van der Waals surface area contributed by atoms with Crippen molar-refractivity contribution < 1.29 is 9.66 Å². The molecule has 1 saturated heterocycles. The molecule has 1 atom stereocenters. The largest absolute Gasteiger partial charge is 0.493 e. The number of nitrogens with one attached hydrogen (secondary N) is 1. The van der Waals surface area contributed by atoms with Crippen LogP contribution in [-0.4, -0.2) is 24.6 Å². The van der Waals surface area contributed by atoms with Gasteiger partial charge in [-0.3, -0.25) is 10.1 Å². The molecule has 1 fully saturated rings. The normalized spacial score (nSPS) is 18.8. The van der Waals surface area contributed by atoms with E-state index >= 15 is 0 Å². The Morgan fingerprint density at radius 1 is 1.56 bits per heavy atom. The van der Waals surface area contributed by atoms with Gasteiger partial charge >= 0.3 is 0 Å². The highest BCUT2D eigenvalue weighted by molar-refractivity contribution is 5.43. The van der Waals surface area contributed by atoms with Gasteiger partial charge in [0, 0.05) is 6.07 Å². The van der Waals surface area contributed by atoms with Gasteiger partial charge in [-0.05, 0) is 50.4 Å². The summed E-state index contributed by atoms with van der Waals surface area (Å²) in [5.74, 6) is 1.29. The number of hydrogen-bond acceptors (Lipinski definition) is 4. The molecular weight excluding hydrogens is 232 g/mol. The number of rotatable bonds is 5. The first kappa shape index (κ1) is 12.8. The van der Waals surface area contributed by atoms with Gasteiger partial charge in [-0.1, -0.05) is 0 Å². The zero-order valence-electron chi connectivity index (χ0n) is 10.5. The Kier molecular flexibility index (Phi) is 4.15. The average Bonchev–Trinajstić information content (AvgIpc) is 2.84. The van der Waals surface area contributed by atoms with Crippen LogP contribution in [0.4, 0.5) is 5.69 Å². The molecule has 0 saturated carbocycles. The highest BCUT2D eigenvalue weighted by Gasteiger charge is 2.15. The first-order valence-electron chi connectivity index (χ1n) is 6.25. The molecule has 0 bridgehead atoms. The monoisotopic (exact) mass is 250 g/mol. The second kappa shape index (κ2) is 5.82. The van der Waals surface area contributed by atoms with E-state index in [0.29, 0.717) is 18.3 Å². The summed E-state index contributed by atoms with van der Waals surface area (Å²) in [6.07, 6.45) is 2.19. The van der Waals surface area contributed by atoms with E-state index in [0.717, 1.165) is 25.1 Å². The van der Waals surface area contributed by atoms with E-state index in [4.69, 9.17) is 4.74 Å². The van der Waals surface area contributed by atoms with Crippen LogP contribution >= 0.6 is 0 Å². The van der Waals surface area contributed by atoms with E-state index in [1.165, 1.54) is 18.6 Å². The van der Waals surface area contributed by atoms with E-state index in [9.17, 15) is 10.1 Å². The summed E-state index contributed by atoms with van der Waals surface area (Å²) >= 11 is 0. The standard InChI is InChI=1S/C13H18N2O3/c1-10-2-3-12(15(16)17)8-13(10)18-7-5-11-4-6-14-9-11/h2-3,8,11,14H,4-7,9H2,1H3. The molecule has 18 heavy (non-hydrogen) atoms. The predicted octanol–water partition coefficient (Wildman–Crippen LogP) is 2.28. The lowest BCUT2D eigenvalue weighted by Crippen LogP contribution is -2.11. The minimum absolute atomic E-state index is 0.0816. The van der Waals surface area contributed by atoms with Crippen LogP contribution < -0.4 is 10.1 Å². The lowest BCUT2D eigenvalue weighted by Gasteiger charge is -2.11. The van der Waals surface area contributed by atoms with E-state index in [2.05, 4.69) is 5.32 Å². The molecular formula is C13H18N2O3. The third-order valence-corrected chi connectivity index (χ3v) is 3.33. The molecule has 1 heterocycles. The van der Waals surface area contributed by atoms with Crippen molar-refractivity contribution in [3.8, 4) is 5.75 Å². The number of aryl methyl sites for hydroxylation is 1. The van der Waals surface area contributed by atoms with Crippen LogP contribution in [0.3, 0.4) is 0 Å². The molecule has 1 aliphatic rings. The fourth-order valence-electron chi connectivity index (χ4n) is 2.15. The van der Waals surface area contributed by atoms with Crippen LogP contribution in [0.2, 0.25) is 0 Å². The lowest BCUT2D eigenvalue weighted by atomic mass is 10.1. The van der Waals surface area contributed by atoms with Crippen LogP contribution in [0.5, 0.6) is 5.75 Å². The zero-order chi connectivity index (χ0) is 13.0. The highest BCUT2D eigenvalue weighted by Crippen LogP contribution is 2.24. The van der Waals surface area contributed by atoms with Gasteiger partial charge < -0.3 is 10.1 Å². The molecule has 1 N–H and O–H groups in total. The number of nitro groups is 1. The number of non-ortho nitro benzene ring substituents is 1. The maximum atomic E-state index is 10.7. The van der Waals surface area contributed by atoms with Gasteiger partial charge in [-0.15, -0.1) is 0 Å². The van der Waals surface area contributed by atoms with Gasteiger partial charge in [0.25, 0.3) is 5.69 Å². The summed E-state index contributed by atoms with van der Waals surface area (Å²) in [4.78, 5) is 10.3. The minimum atomic E-state index is -0.396. The van der Waals surface area contributed by atoms with Crippen molar-refractivity contribution in [1.29, 1.82) is 0 Å². The average molecular weight is 250 g/mol. The van der Waals surface area contributed by atoms with Crippen molar-refractivity contribution in [2.75, 3.05) is 19.7 Å². The van der Waals surface area contributed by atoms with Crippen LogP contribution in [-0.2, 0) is 0 Å². The quantitative estimate of drug-likeness (QED) is 0.643. The van der Waals surface area contributed by atoms with Crippen molar-refractivity contribution >= 4 is 5.69 Å². The van der Waals surface area contributed by atoms with Crippen molar-refractivity contribution in [3.63, 3.8) is 0 Å². The molecule has 0 spiro atoms. The Labute approximate surface area is 106 Å². The molecule has 0 radical (unpaired) electrons. The zero-order valence-corrected chi connectivity index (χ0v) is 10.5. The second-order valence-electron chi connectivity index (χ2n) is 4.70. The fraction of sp³-hybridized carbons (Fsp3) is 0.538. The maximum Gasteiger partial charge on any atom is 0.273 e. The smallest absolute Gasteiger partial charge is 0.273 e. The maximum absolute atomic E-state index is 10.7. The Morgan fingerprint density at radius 2 is 2.39 bits per heavy atom. The summed E-state index contributed by atoms with van der Waals surface area (Å²) in [7, 11) is 0. The third kappa shape index (κ3) is 3.20. The van der Waals surface area contributed by atoms with Crippen LogP contribution in [0.15, 0.2) is 18.2 Å². The van der Waals surface area contributed by atoms with E-state index < -0.39 is 4.92 Å². The van der Waals surface area contributed by atoms with Crippen molar-refractivity contribution in [2.45, 2.75) is 19.8 Å². The van der Waals surface area contributed by atoms with E-state index in [1.807, 2.05) is 6.92 Å². The van der Waals surface area contributed by atoms with Gasteiger partial charge in [0.05, 0.1) is 17.6 Å². The highest BCUT2D eigenvalue weighted by atomic mass is 16.6. The van der Waals surface area contributed by atoms with Crippen molar-refractivity contribution in [2.24, 2.45) is 5.92 Å². The van der Waals surface area contributed by atoms with Crippen LogP contribution in [0.25, 0.3) is 0 Å². The van der Waals surface area contributed by atoms with Crippen LogP contribution in [0, 0.1) is 23.0 Å². The number of hydrogen-bond donors (Lipinski definition) is 1. The second-order valence-corrected chi connectivity index (χ2v) is 4.70. The molecule has 98 valence electrons. The van der Waals surface area contributed by atoms with E-state index in [1.54, 1.807) is 6.07 Å². The Balaban J connectivity index is 1.91. The summed E-state index contributed by atoms with van der Waals surface area (Å²) in [6, 6.07) is 4.73. The topological polar surface area (TPSA) is 64.4 Å². The summed E-state index contributed by atoms with van der Waals surface area (Å²) in [5.41, 5.74) is 1.02. The summed E-state index contributed by atoms with van der Waals surface area (Å²) < 4.78 is 5.66. The van der Waals surface area contributed by atoms with E-state index in [-0.39, 0.29) is 5.69 Å². The molecule has 1 aromatic carbocycles. The Morgan fingerprint density at radius 3 is 3.06 bits per heavy atom. The SMILES string of the molecule is Cc1ccc([N+](=O)[O-])cc1OCCC1CCNC1. The molecule has 0 aliphatic carbocycles. The third-order valence-electron chi connectivity index (χ3n) is 3.33. The first-order chi connectivity index (χ1) is 8.66. The van der Waals surface area contributed by atoms with Gasteiger partial charge in [0.1, 0.15) is 5.75 Å². The molecule has 2 rings (SSSR count). The molecule has 1 unspecified atom stereocenters. The first-order valence-corrected chi connectivity index (χ1v) is 6.25. The molecule has 1 aliphatic heterocycles. The number of nitro benzene ring substituents is 1. The summed E-state index contributed by atoms with van der Waals surface area (Å²) in [6.45, 7) is 4.66. The van der Waals surface area contributed by atoms with Crippen molar-refractivity contribution in [3.05, 3.63) is 33.9 Å². The minimum Gasteiger partial charge on any atom is -0.493 e. The number of nitrogens with zero attached hydrogens (tertiary/aromatic N) is 1. The number of ether oxygens (including phenoxy) is 1. The molecule has 1 aromatic rings. The molecule has 0 aromatic heterocycles. The molecule has 5 heteroatoms. The lowest BCUT2D eigenvalue weighted by molar-refractivity contribution is -0.384.